The summed E-state index contributed by atoms with van der Waals surface area (Å²) in [5.41, 5.74) is 5.27. The van der Waals surface area contributed by atoms with Crippen molar-refractivity contribution in [2.45, 2.75) is 26.3 Å². The monoisotopic (exact) mass is 131 g/mol. The van der Waals surface area contributed by atoms with E-state index in [0.29, 0.717) is 0 Å². The van der Waals surface area contributed by atoms with Gasteiger partial charge in [-0.3, -0.25) is 4.79 Å². The molecule has 0 saturated carbocycles. The molecule has 0 aromatic heterocycles. The van der Waals surface area contributed by atoms with Gasteiger partial charge in [-0.05, 0) is 5.92 Å². The molecular weight excluding hydrogens is 118 g/mol. The summed E-state index contributed by atoms with van der Waals surface area (Å²) in [5.74, 6) is -0.841. The van der Waals surface area contributed by atoms with E-state index in [0.717, 1.165) is 6.42 Å². The molecule has 3 nitrogen and oxygen atoms in total. The van der Waals surface area contributed by atoms with E-state index in [9.17, 15) is 4.79 Å². The first kappa shape index (κ1) is 8.43. The largest absolute Gasteiger partial charge is 0.480 e. The summed E-state index contributed by atoms with van der Waals surface area (Å²) >= 11 is 0. The predicted octanol–water partition coefficient (Wildman–Crippen LogP) is 0.444. The number of aliphatic carboxylic acids is 1. The van der Waals surface area contributed by atoms with Gasteiger partial charge in [-0.1, -0.05) is 20.3 Å². The molecule has 0 aliphatic rings. The molecule has 0 amide bonds. The molecule has 0 aromatic rings. The number of hydrogen-bond acceptors (Lipinski definition) is 2. The van der Waals surface area contributed by atoms with Crippen LogP contribution in [0.25, 0.3) is 0 Å². The maximum absolute atomic E-state index is 10.2. The fraction of sp³-hybridized carbons (Fsp3) is 0.833. The van der Waals surface area contributed by atoms with Crippen molar-refractivity contribution < 1.29 is 9.90 Å². The van der Waals surface area contributed by atoms with Crippen LogP contribution in [-0.4, -0.2) is 17.1 Å². The maximum atomic E-state index is 10.2. The lowest BCUT2D eigenvalue weighted by Gasteiger charge is -2.11. The summed E-state index contributed by atoms with van der Waals surface area (Å²) in [6.45, 7) is 3.76. The van der Waals surface area contributed by atoms with Gasteiger partial charge in [-0.2, -0.15) is 0 Å². The fourth-order valence-electron chi connectivity index (χ4n) is 0.497. The molecule has 0 heterocycles. The van der Waals surface area contributed by atoms with E-state index < -0.39 is 12.0 Å². The third kappa shape index (κ3) is 2.46. The summed E-state index contributed by atoms with van der Waals surface area (Å²) in [4.78, 5) is 10.2. The molecule has 2 atom stereocenters. The van der Waals surface area contributed by atoms with Crippen molar-refractivity contribution in [1.82, 2.24) is 0 Å². The van der Waals surface area contributed by atoms with Crippen LogP contribution in [0.1, 0.15) is 20.3 Å². The van der Waals surface area contributed by atoms with Crippen LogP contribution in [0.4, 0.5) is 0 Å². The SMILES string of the molecule is CC[C@@H](C)C(N)C(=O)O. The van der Waals surface area contributed by atoms with E-state index in [1.54, 1.807) is 0 Å². The summed E-state index contributed by atoms with van der Waals surface area (Å²) in [5, 5.41) is 8.36. The standard InChI is InChI=1S/C6H13NO2/c1-3-4(2)5(7)6(8)9/h4-5H,3,7H2,1-2H3,(H,8,9)/t4-,5?/m1/s1. The van der Waals surface area contributed by atoms with Gasteiger partial charge in [0.2, 0.25) is 0 Å². The van der Waals surface area contributed by atoms with Gasteiger partial charge >= 0.3 is 5.97 Å². The lowest BCUT2D eigenvalue weighted by Crippen LogP contribution is -2.36. The van der Waals surface area contributed by atoms with Gasteiger partial charge in [0.15, 0.2) is 0 Å². The lowest BCUT2D eigenvalue weighted by atomic mass is 10.0. The van der Waals surface area contributed by atoms with Crippen LogP contribution < -0.4 is 5.73 Å². The Hall–Kier alpha value is -0.570. The van der Waals surface area contributed by atoms with Gasteiger partial charge in [0.25, 0.3) is 0 Å². The molecule has 0 radical (unpaired) electrons. The van der Waals surface area contributed by atoms with E-state index in [1.807, 2.05) is 13.8 Å². The van der Waals surface area contributed by atoms with Crippen LogP contribution in [-0.2, 0) is 4.79 Å². The number of nitrogens with two attached hydrogens (primary N) is 1. The quantitative estimate of drug-likeness (QED) is 0.584. The van der Waals surface area contributed by atoms with Crippen LogP contribution in [0.2, 0.25) is 0 Å². The topological polar surface area (TPSA) is 63.3 Å². The van der Waals surface area contributed by atoms with Gasteiger partial charge < -0.3 is 10.8 Å². The molecule has 0 aromatic carbocycles. The summed E-state index contributed by atoms with van der Waals surface area (Å²) in [7, 11) is 0. The summed E-state index contributed by atoms with van der Waals surface area (Å²) in [6, 6.07) is -0.699. The Labute approximate surface area is 54.9 Å². The minimum Gasteiger partial charge on any atom is -0.480 e. The average Bonchev–Trinajstić information content (AvgIpc) is 1.84. The minimum absolute atomic E-state index is 0.0718. The molecule has 1 unspecified atom stereocenters. The zero-order chi connectivity index (χ0) is 7.44. The Bertz CT molecular complexity index is 103. The van der Waals surface area contributed by atoms with Crippen LogP contribution in [0.5, 0.6) is 0 Å². The van der Waals surface area contributed by atoms with Crippen LogP contribution in [0.3, 0.4) is 0 Å². The fourth-order valence-corrected chi connectivity index (χ4v) is 0.497. The number of rotatable bonds is 3. The molecular formula is C6H13NO2. The Balaban J connectivity index is 3.72. The maximum Gasteiger partial charge on any atom is 0.320 e. The second kappa shape index (κ2) is 3.45. The van der Waals surface area contributed by atoms with Gasteiger partial charge in [-0.15, -0.1) is 0 Å². The van der Waals surface area contributed by atoms with Crippen LogP contribution >= 0.6 is 0 Å². The Morgan fingerprint density at radius 2 is 2.22 bits per heavy atom. The molecule has 3 heteroatoms. The van der Waals surface area contributed by atoms with Crippen molar-refractivity contribution >= 4 is 5.97 Å². The van der Waals surface area contributed by atoms with Crippen molar-refractivity contribution in [3.8, 4) is 0 Å². The minimum atomic E-state index is -0.913. The number of hydrogen-bond donors (Lipinski definition) is 2. The van der Waals surface area contributed by atoms with E-state index in [1.165, 1.54) is 0 Å². The summed E-state index contributed by atoms with van der Waals surface area (Å²) in [6.07, 6.45) is 0.813. The highest BCUT2D eigenvalue weighted by molar-refractivity contribution is 5.73. The molecule has 0 aliphatic heterocycles. The molecule has 3 N–H and O–H groups in total. The van der Waals surface area contributed by atoms with Gasteiger partial charge in [0.1, 0.15) is 6.04 Å². The Kier molecular flexibility index (Phi) is 3.24. The highest BCUT2D eigenvalue weighted by atomic mass is 16.4. The predicted molar refractivity (Wildman–Crippen MR) is 35.1 cm³/mol. The summed E-state index contributed by atoms with van der Waals surface area (Å²) < 4.78 is 0. The van der Waals surface area contributed by atoms with E-state index in [4.69, 9.17) is 10.8 Å². The normalized spacial score (nSPS) is 16.8. The molecule has 0 bridgehead atoms. The smallest absolute Gasteiger partial charge is 0.320 e. The van der Waals surface area contributed by atoms with Crippen molar-refractivity contribution in [1.29, 1.82) is 0 Å². The average molecular weight is 131 g/mol. The number of carboxylic acids is 1. The lowest BCUT2D eigenvalue weighted by molar-refractivity contribution is -0.139. The van der Waals surface area contributed by atoms with E-state index in [-0.39, 0.29) is 5.92 Å². The van der Waals surface area contributed by atoms with Gasteiger partial charge in [0, 0.05) is 0 Å². The van der Waals surface area contributed by atoms with Crippen molar-refractivity contribution in [2.24, 2.45) is 11.7 Å². The third-order valence-electron chi connectivity index (χ3n) is 1.54. The second-order valence-corrected chi connectivity index (χ2v) is 2.25. The van der Waals surface area contributed by atoms with Crippen LogP contribution in [0.15, 0.2) is 0 Å². The van der Waals surface area contributed by atoms with E-state index >= 15 is 0 Å². The van der Waals surface area contributed by atoms with Crippen LogP contribution in [0, 0.1) is 5.92 Å². The number of carboxylic acid groups (broad SMARTS) is 1. The van der Waals surface area contributed by atoms with Crippen molar-refractivity contribution in [3.63, 3.8) is 0 Å². The zero-order valence-electron chi connectivity index (χ0n) is 5.79. The molecule has 0 spiro atoms. The van der Waals surface area contributed by atoms with Gasteiger partial charge in [0.05, 0.1) is 0 Å². The second-order valence-electron chi connectivity index (χ2n) is 2.25. The molecule has 9 heavy (non-hydrogen) atoms. The first-order valence-electron chi connectivity index (χ1n) is 3.08. The molecule has 0 aliphatic carbocycles. The van der Waals surface area contributed by atoms with Crippen molar-refractivity contribution in [3.05, 3.63) is 0 Å². The molecule has 54 valence electrons. The molecule has 0 rings (SSSR count). The Morgan fingerprint density at radius 1 is 1.78 bits per heavy atom. The first-order chi connectivity index (χ1) is 4.09. The van der Waals surface area contributed by atoms with Gasteiger partial charge in [-0.25, -0.2) is 0 Å². The highest BCUT2D eigenvalue weighted by Gasteiger charge is 2.17. The number of carbonyl (C=O) groups is 1. The highest BCUT2D eigenvalue weighted by Crippen LogP contribution is 2.04. The molecule has 0 saturated heterocycles. The Morgan fingerprint density at radius 3 is 2.33 bits per heavy atom. The molecule has 0 fully saturated rings. The van der Waals surface area contributed by atoms with E-state index in [2.05, 4.69) is 0 Å². The first-order valence-corrected chi connectivity index (χ1v) is 3.08. The zero-order valence-corrected chi connectivity index (χ0v) is 5.79. The van der Waals surface area contributed by atoms with Crippen molar-refractivity contribution in [2.75, 3.05) is 0 Å². The third-order valence-corrected chi connectivity index (χ3v) is 1.54.